The summed E-state index contributed by atoms with van der Waals surface area (Å²) in [6.45, 7) is 9.42. The predicted octanol–water partition coefficient (Wildman–Crippen LogP) is 3.00. The van der Waals surface area contributed by atoms with Gasteiger partial charge in [0.1, 0.15) is 0 Å². The summed E-state index contributed by atoms with van der Waals surface area (Å²) in [5.74, 6) is 1.58. The SMILES string of the molecule is CCC(CC)(CN)C(=O)NCC(C)(C)c1ccc2c(c1)OCO2.Cl. The van der Waals surface area contributed by atoms with Crippen molar-refractivity contribution in [3.8, 4) is 11.5 Å². The summed E-state index contributed by atoms with van der Waals surface area (Å²) in [7, 11) is 0. The van der Waals surface area contributed by atoms with Crippen molar-refractivity contribution in [2.75, 3.05) is 19.9 Å². The minimum absolute atomic E-state index is 0. The van der Waals surface area contributed by atoms with E-state index in [2.05, 4.69) is 19.2 Å². The van der Waals surface area contributed by atoms with Crippen LogP contribution in [0.1, 0.15) is 46.1 Å². The fourth-order valence-electron chi connectivity index (χ4n) is 2.86. The van der Waals surface area contributed by atoms with E-state index in [-0.39, 0.29) is 30.5 Å². The summed E-state index contributed by atoms with van der Waals surface area (Å²) in [4.78, 5) is 12.6. The van der Waals surface area contributed by atoms with E-state index in [0.717, 1.165) is 29.9 Å². The van der Waals surface area contributed by atoms with Gasteiger partial charge in [0.05, 0.1) is 5.41 Å². The molecule has 5 nitrogen and oxygen atoms in total. The van der Waals surface area contributed by atoms with Gasteiger partial charge in [0.15, 0.2) is 11.5 Å². The summed E-state index contributed by atoms with van der Waals surface area (Å²) in [5.41, 5.74) is 6.28. The Balaban J connectivity index is 0.00000288. The molecule has 1 aromatic carbocycles. The van der Waals surface area contributed by atoms with Crippen LogP contribution in [0.4, 0.5) is 0 Å². The minimum Gasteiger partial charge on any atom is -0.454 e. The first-order valence-corrected chi connectivity index (χ1v) is 8.27. The number of carbonyl (C=O) groups excluding carboxylic acids is 1. The molecule has 24 heavy (non-hydrogen) atoms. The first-order valence-electron chi connectivity index (χ1n) is 8.27. The second-order valence-electron chi connectivity index (χ2n) is 6.83. The van der Waals surface area contributed by atoms with Gasteiger partial charge >= 0.3 is 0 Å². The molecular weight excluding hydrogens is 328 g/mol. The van der Waals surface area contributed by atoms with Crippen molar-refractivity contribution in [3.05, 3.63) is 23.8 Å². The topological polar surface area (TPSA) is 73.6 Å². The Morgan fingerprint density at radius 2 is 1.83 bits per heavy atom. The van der Waals surface area contributed by atoms with Gasteiger partial charge in [-0.1, -0.05) is 33.8 Å². The van der Waals surface area contributed by atoms with Crippen molar-refractivity contribution < 1.29 is 14.3 Å². The summed E-state index contributed by atoms with van der Waals surface area (Å²) >= 11 is 0. The molecule has 0 radical (unpaired) electrons. The number of carbonyl (C=O) groups is 1. The molecule has 1 heterocycles. The van der Waals surface area contributed by atoms with Crippen LogP contribution >= 0.6 is 12.4 Å². The maximum atomic E-state index is 12.6. The Bertz CT molecular complexity index is 563. The van der Waals surface area contributed by atoms with Gasteiger partial charge in [0.2, 0.25) is 12.7 Å². The van der Waals surface area contributed by atoms with Gasteiger partial charge in [0.25, 0.3) is 0 Å². The molecule has 0 saturated heterocycles. The van der Waals surface area contributed by atoms with Crippen molar-refractivity contribution in [2.45, 2.75) is 46.0 Å². The van der Waals surface area contributed by atoms with Gasteiger partial charge in [-0.05, 0) is 30.5 Å². The van der Waals surface area contributed by atoms with Gasteiger partial charge in [-0.15, -0.1) is 12.4 Å². The van der Waals surface area contributed by atoms with Gasteiger partial charge < -0.3 is 20.5 Å². The number of hydrogen-bond donors (Lipinski definition) is 2. The lowest BCUT2D eigenvalue weighted by Crippen LogP contribution is -2.48. The predicted molar refractivity (Wildman–Crippen MR) is 97.9 cm³/mol. The second kappa shape index (κ2) is 8.08. The van der Waals surface area contributed by atoms with Gasteiger partial charge in [0, 0.05) is 18.5 Å². The number of halogens is 1. The standard InChI is InChI=1S/C18H28N2O3.ClH/c1-5-18(6-2,10-19)16(21)20-11-17(3,4)13-7-8-14-15(9-13)23-12-22-14;/h7-9H,5-6,10-12,19H2,1-4H3,(H,20,21);1H. The molecule has 0 fully saturated rings. The van der Waals surface area contributed by atoms with Crippen molar-refractivity contribution in [1.82, 2.24) is 5.32 Å². The van der Waals surface area contributed by atoms with E-state index in [9.17, 15) is 4.79 Å². The molecule has 1 aliphatic heterocycles. The molecule has 3 N–H and O–H groups in total. The molecule has 0 spiro atoms. The molecule has 0 saturated carbocycles. The molecular formula is C18H29ClN2O3. The van der Waals surface area contributed by atoms with Crippen molar-refractivity contribution in [2.24, 2.45) is 11.1 Å². The number of hydrogen-bond acceptors (Lipinski definition) is 4. The molecule has 0 bridgehead atoms. The monoisotopic (exact) mass is 356 g/mol. The van der Waals surface area contributed by atoms with E-state index in [1.165, 1.54) is 0 Å². The molecule has 1 amide bonds. The average molecular weight is 357 g/mol. The Kier molecular flexibility index (Phi) is 6.93. The van der Waals surface area contributed by atoms with Gasteiger partial charge in [-0.2, -0.15) is 0 Å². The lowest BCUT2D eigenvalue weighted by atomic mass is 9.80. The molecule has 0 aliphatic carbocycles. The van der Waals surface area contributed by atoms with Crippen LogP contribution in [0.2, 0.25) is 0 Å². The third kappa shape index (κ3) is 3.95. The van der Waals surface area contributed by atoms with Crippen LogP contribution in [0, 0.1) is 5.41 Å². The molecule has 0 unspecified atom stereocenters. The third-order valence-corrected chi connectivity index (χ3v) is 5.07. The summed E-state index contributed by atoms with van der Waals surface area (Å²) in [5, 5.41) is 3.09. The highest BCUT2D eigenvalue weighted by atomic mass is 35.5. The van der Waals surface area contributed by atoms with Crippen LogP contribution < -0.4 is 20.5 Å². The van der Waals surface area contributed by atoms with Gasteiger partial charge in [-0.25, -0.2) is 0 Å². The zero-order chi connectivity index (χ0) is 17.1. The quantitative estimate of drug-likeness (QED) is 0.787. The zero-order valence-electron chi connectivity index (χ0n) is 15.0. The van der Waals surface area contributed by atoms with Crippen LogP contribution in [0.25, 0.3) is 0 Å². The number of rotatable bonds is 7. The zero-order valence-corrected chi connectivity index (χ0v) is 15.8. The van der Waals surface area contributed by atoms with E-state index in [1.807, 2.05) is 32.0 Å². The van der Waals surface area contributed by atoms with Crippen LogP contribution in [-0.2, 0) is 10.2 Å². The van der Waals surface area contributed by atoms with E-state index >= 15 is 0 Å². The molecule has 136 valence electrons. The van der Waals surface area contributed by atoms with Gasteiger partial charge in [-0.3, -0.25) is 4.79 Å². The average Bonchev–Trinajstić information content (AvgIpc) is 3.03. The summed E-state index contributed by atoms with van der Waals surface area (Å²) < 4.78 is 10.8. The summed E-state index contributed by atoms with van der Waals surface area (Å²) in [6, 6.07) is 5.93. The van der Waals surface area contributed by atoms with Crippen LogP contribution in [0.15, 0.2) is 18.2 Å². The first kappa shape index (κ1) is 20.6. The molecule has 1 aliphatic rings. The molecule has 0 atom stereocenters. The highest BCUT2D eigenvalue weighted by Gasteiger charge is 2.34. The fraction of sp³-hybridized carbons (Fsp3) is 0.611. The number of ether oxygens (including phenoxy) is 2. The molecule has 1 aromatic rings. The normalized spacial score (nSPS) is 13.4. The van der Waals surface area contributed by atoms with Crippen LogP contribution in [0.3, 0.4) is 0 Å². The maximum absolute atomic E-state index is 12.6. The maximum Gasteiger partial charge on any atom is 0.231 e. The molecule has 2 rings (SSSR count). The van der Waals surface area contributed by atoms with E-state index < -0.39 is 5.41 Å². The molecule has 0 aromatic heterocycles. The van der Waals surface area contributed by atoms with Crippen molar-refractivity contribution >= 4 is 18.3 Å². The Morgan fingerprint density at radius 1 is 1.21 bits per heavy atom. The van der Waals surface area contributed by atoms with E-state index in [1.54, 1.807) is 0 Å². The van der Waals surface area contributed by atoms with Crippen molar-refractivity contribution in [3.63, 3.8) is 0 Å². The first-order chi connectivity index (χ1) is 10.9. The van der Waals surface area contributed by atoms with Crippen LogP contribution in [-0.4, -0.2) is 25.8 Å². The van der Waals surface area contributed by atoms with E-state index in [0.29, 0.717) is 13.1 Å². The molecule has 6 heteroatoms. The lowest BCUT2D eigenvalue weighted by molar-refractivity contribution is -0.131. The Labute approximate surface area is 150 Å². The Morgan fingerprint density at radius 3 is 2.42 bits per heavy atom. The Hall–Kier alpha value is -1.46. The second-order valence-corrected chi connectivity index (χ2v) is 6.83. The number of benzene rings is 1. The summed E-state index contributed by atoms with van der Waals surface area (Å²) in [6.07, 6.45) is 1.49. The number of fused-ring (bicyclic) bond motifs is 1. The number of amides is 1. The fourth-order valence-corrected chi connectivity index (χ4v) is 2.86. The smallest absolute Gasteiger partial charge is 0.231 e. The largest absolute Gasteiger partial charge is 0.454 e. The minimum atomic E-state index is -0.467. The highest BCUT2D eigenvalue weighted by molar-refractivity contribution is 5.85. The number of nitrogens with two attached hydrogens (primary N) is 1. The van der Waals surface area contributed by atoms with E-state index in [4.69, 9.17) is 15.2 Å². The van der Waals surface area contributed by atoms with Crippen molar-refractivity contribution in [1.29, 1.82) is 0 Å². The van der Waals surface area contributed by atoms with Crippen LogP contribution in [0.5, 0.6) is 11.5 Å². The lowest BCUT2D eigenvalue weighted by Gasteiger charge is -2.32. The number of nitrogens with one attached hydrogen (secondary N) is 1. The highest BCUT2D eigenvalue weighted by Crippen LogP contribution is 2.36. The third-order valence-electron chi connectivity index (χ3n) is 5.07.